The smallest absolute Gasteiger partial charge is 0.323 e. The van der Waals surface area contributed by atoms with Crippen molar-refractivity contribution in [2.75, 3.05) is 26.2 Å². The Bertz CT molecular complexity index is 558. The van der Waals surface area contributed by atoms with E-state index in [1.165, 1.54) is 0 Å². The normalized spacial score (nSPS) is 27.4. The van der Waals surface area contributed by atoms with Crippen LogP contribution in [0.25, 0.3) is 0 Å². The number of carbonyl (C=O) groups excluding carboxylic acids is 1. The van der Waals surface area contributed by atoms with Gasteiger partial charge in [0.25, 0.3) is 0 Å². The van der Waals surface area contributed by atoms with E-state index in [1.807, 2.05) is 6.92 Å². The molecule has 0 unspecified atom stereocenters. The Kier molecular flexibility index (Phi) is 4.42. The van der Waals surface area contributed by atoms with Crippen molar-refractivity contribution in [3.05, 3.63) is 11.7 Å². The molecule has 0 bridgehead atoms. The predicted octanol–water partition coefficient (Wildman–Crippen LogP) is 1.19. The largest absolute Gasteiger partial charge is 0.461 e. The minimum atomic E-state index is -0.122. The van der Waals surface area contributed by atoms with Crippen molar-refractivity contribution < 1.29 is 14.1 Å². The van der Waals surface area contributed by atoms with E-state index >= 15 is 0 Å². The van der Waals surface area contributed by atoms with Gasteiger partial charge >= 0.3 is 5.97 Å². The molecular weight excluding hydrogens is 296 g/mol. The number of aromatic nitrogens is 2. The van der Waals surface area contributed by atoms with E-state index in [1.54, 1.807) is 0 Å². The molecule has 0 saturated carbocycles. The molecule has 2 aliphatic heterocycles. The average molecular weight is 322 g/mol. The van der Waals surface area contributed by atoms with Crippen LogP contribution in [0.4, 0.5) is 0 Å². The number of ether oxygens (including phenoxy) is 1. The average Bonchev–Trinajstić information content (AvgIpc) is 3.06. The van der Waals surface area contributed by atoms with Crippen molar-refractivity contribution in [3.63, 3.8) is 0 Å². The Morgan fingerprint density at radius 2 is 1.91 bits per heavy atom. The zero-order valence-electron chi connectivity index (χ0n) is 14.4. The fourth-order valence-corrected chi connectivity index (χ4v) is 3.09. The molecule has 1 aromatic heterocycles. The van der Waals surface area contributed by atoms with E-state index in [9.17, 15) is 4.79 Å². The van der Waals surface area contributed by atoms with Gasteiger partial charge in [-0.05, 0) is 6.92 Å². The van der Waals surface area contributed by atoms with Gasteiger partial charge in [-0.3, -0.25) is 14.6 Å². The summed E-state index contributed by atoms with van der Waals surface area (Å²) in [6.45, 7) is 12.4. The summed E-state index contributed by atoms with van der Waals surface area (Å²) in [5.74, 6) is 1.34. The lowest BCUT2D eigenvalue weighted by Gasteiger charge is -2.36. The number of cyclic esters (lactones) is 1. The fourth-order valence-electron chi connectivity index (χ4n) is 3.09. The molecule has 7 nitrogen and oxygen atoms in total. The van der Waals surface area contributed by atoms with Crippen molar-refractivity contribution in [2.24, 2.45) is 0 Å². The number of hydrogen-bond acceptors (Lipinski definition) is 7. The Morgan fingerprint density at radius 1 is 1.22 bits per heavy atom. The standard InChI is InChI=1S/C16H26N4O3/c1-11-9-12(14(21)22-11)20-7-5-19(6-8-20)10-13-17-15(23-18-13)16(2,3)4/h11-12H,5-10H2,1-4H3/t11-,12-/m0/s1. The third-order valence-electron chi connectivity index (χ3n) is 4.47. The topological polar surface area (TPSA) is 71.7 Å². The van der Waals surface area contributed by atoms with Crippen LogP contribution in [0, 0.1) is 0 Å². The maximum absolute atomic E-state index is 11.8. The molecule has 2 atom stereocenters. The summed E-state index contributed by atoms with van der Waals surface area (Å²) in [6.07, 6.45) is 0.846. The zero-order valence-corrected chi connectivity index (χ0v) is 14.4. The van der Waals surface area contributed by atoms with Crippen LogP contribution in [0.3, 0.4) is 0 Å². The monoisotopic (exact) mass is 322 g/mol. The predicted molar refractivity (Wildman–Crippen MR) is 83.8 cm³/mol. The number of rotatable bonds is 3. The molecule has 128 valence electrons. The Hall–Kier alpha value is -1.47. The number of piperazine rings is 1. The van der Waals surface area contributed by atoms with Gasteiger partial charge in [-0.25, -0.2) is 0 Å². The van der Waals surface area contributed by atoms with Crippen LogP contribution >= 0.6 is 0 Å². The lowest BCUT2D eigenvalue weighted by molar-refractivity contribution is -0.145. The van der Waals surface area contributed by atoms with Gasteiger partial charge in [-0.15, -0.1) is 0 Å². The van der Waals surface area contributed by atoms with Crippen LogP contribution in [0.15, 0.2) is 4.52 Å². The molecule has 0 aromatic carbocycles. The first-order valence-electron chi connectivity index (χ1n) is 8.33. The summed E-state index contributed by atoms with van der Waals surface area (Å²) in [7, 11) is 0. The lowest BCUT2D eigenvalue weighted by Crippen LogP contribution is -2.51. The van der Waals surface area contributed by atoms with Crippen LogP contribution in [0.5, 0.6) is 0 Å². The van der Waals surface area contributed by atoms with Gasteiger partial charge in [0.2, 0.25) is 5.89 Å². The van der Waals surface area contributed by atoms with Crippen LogP contribution < -0.4 is 0 Å². The highest BCUT2D eigenvalue weighted by Crippen LogP contribution is 2.22. The van der Waals surface area contributed by atoms with E-state index in [4.69, 9.17) is 9.26 Å². The summed E-state index contributed by atoms with van der Waals surface area (Å²) in [4.78, 5) is 20.9. The van der Waals surface area contributed by atoms with Crippen molar-refractivity contribution >= 4 is 5.97 Å². The van der Waals surface area contributed by atoms with Crippen LogP contribution in [0.2, 0.25) is 0 Å². The molecule has 2 saturated heterocycles. The van der Waals surface area contributed by atoms with Gasteiger partial charge in [0, 0.05) is 38.0 Å². The van der Waals surface area contributed by atoms with Gasteiger partial charge in [-0.2, -0.15) is 4.98 Å². The summed E-state index contributed by atoms with van der Waals surface area (Å²) in [6, 6.07) is -0.0650. The van der Waals surface area contributed by atoms with Crippen LogP contribution in [0.1, 0.15) is 45.8 Å². The van der Waals surface area contributed by atoms with Crippen molar-refractivity contribution in [3.8, 4) is 0 Å². The molecule has 2 aliphatic rings. The molecule has 0 radical (unpaired) electrons. The van der Waals surface area contributed by atoms with E-state index in [0.717, 1.165) is 38.4 Å². The van der Waals surface area contributed by atoms with Crippen molar-refractivity contribution in [1.82, 2.24) is 19.9 Å². The van der Waals surface area contributed by atoms with Gasteiger partial charge in [0.05, 0.1) is 6.54 Å². The minimum absolute atomic E-state index is 0.0423. The molecule has 0 amide bonds. The second kappa shape index (κ2) is 6.20. The van der Waals surface area contributed by atoms with E-state index < -0.39 is 0 Å². The number of esters is 1. The molecule has 7 heteroatoms. The summed E-state index contributed by atoms with van der Waals surface area (Å²) in [5, 5.41) is 4.08. The van der Waals surface area contributed by atoms with Gasteiger partial charge < -0.3 is 9.26 Å². The quantitative estimate of drug-likeness (QED) is 0.774. The Labute approximate surface area is 137 Å². The minimum Gasteiger partial charge on any atom is -0.461 e. The SMILES string of the molecule is C[C@H]1C[C@H](N2CCN(Cc3noc(C(C)(C)C)n3)CC2)C(=O)O1. The van der Waals surface area contributed by atoms with Crippen molar-refractivity contribution in [1.29, 1.82) is 0 Å². The lowest BCUT2D eigenvalue weighted by atomic mass is 9.97. The molecule has 0 N–H and O–H groups in total. The number of nitrogens with zero attached hydrogens (tertiary/aromatic N) is 4. The van der Waals surface area contributed by atoms with E-state index in [0.29, 0.717) is 12.4 Å². The van der Waals surface area contributed by atoms with Gasteiger partial charge in [0.1, 0.15) is 12.1 Å². The molecule has 0 aliphatic carbocycles. The highest BCUT2D eigenvalue weighted by atomic mass is 16.6. The molecule has 23 heavy (non-hydrogen) atoms. The zero-order chi connectivity index (χ0) is 16.6. The number of hydrogen-bond donors (Lipinski definition) is 0. The van der Waals surface area contributed by atoms with Crippen LogP contribution in [-0.4, -0.2) is 64.2 Å². The van der Waals surface area contributed by atoms with Gasteiger partial charge in [-0.1, -0.05) is 25.9 Å². The third-order valence-corrected chi connectivity index (χ3v) is 4.47. The number of carbonyl (C=O) groups is 1. The van der Waals surface area contributed by atoms with E-state index in [2.05, 4.69) is 40.7 Å². The maximum atomic E-state index is 11.8. The highest BCUT2D eigenvalue weighted by Gasteiger charge is 2.37. The first-order chi connectivity index (χ1) is 10.8. The molecule has 3 rings (SSSR count). The Morgan fingerprint density at radius 3 is 2.43 bits per heavy atom. The fraction of sp³-hybridized carbons (Fsp3) is 0.812. The molecule has 3 heterocycles. The summed E-state index contributed by atoms with van der Waals surface area (Å²) >= 11 is 0. The summed E-state index contributed by atoms with van der Waals surface area (Å²) < 4.78 is 10.6. The van der Waals surface area contributed by atoms with Crippen molar-refractivity contribution in [2.45, 2.75) is 58.2 Å². The molecular formula is C16H26N4O3. The van der Waals surface area contributed by atoms with Crippen LogP contribution in [-0.2, 0) is 21.5 Å². The summed E-state index contributed by atoms with van der Waals surface area (Å²) in [5.41, 5.74) is -0.122. The van der Waals surface area contributed by atoms with Gasteiger partial charge in [0.15, 0.2) is 5.82 Å². The molecule has 2 fully saturated rings. The second-order valence-electron chi connectivity index (χ2n) is 7.58. The highest BCUT2D eigenvalue weighted by molar-refractivity contribution is 5.78. The second-order valence-corrected chi connectivity index (χ2v) is 7.58. The first kappa shape index (κ1) is 16.4. The third kappa shape index (κ3) is 3.72. The first-order valence-corrected chi connectivity index (χ1v) is 8.33. The van der Waals surface area contributed by atoms with E-state index in [-0.39, 0.29) is 23.5 Å². The molecule has 1 aromatic rings. The molecule has 0 spiro atoms. The Balaban J connectivity index is 1.51. The maximum Gasteiger partial charge on any atom is 0.323 e.